The average molecular weight is 493 g/mol. The largest absolute Gasteiger partial charge is 0.481 e. The first kappa shape index (κ1) is 24.1. The second-order valence-electron chi connectivity index (χ2n) is 7.78. The maximum atomic E-state index is 14.6. The highest BCUT2D eigenvalue weighted by Gasteiger charge is 2.14. The van der Waals surface area contributed by atoms with Crippen molar-refractivity contribution in [3.8, 4) is 34.5 Å². The Morgan fingerprint density at radius 2 is 1.54 bits per heavy atom. The second kappa shape index (κ2) is 10.9. The Labute approximate surface area is 207 Å². The van der Waals surface area contributed by atoms with Gasteiger partial charge in [-0.3, -0.25) is 4.79 Å². The van der Waals surface area contributed by atoms with Crippen molar-refractivity contribution in [1.82, 2.24) is 0 Å². The molecular formula is C28H22ClFO5. The number of rotatable bonds is 9. The van der Waals surface area contributed by atoms with E-state index in [1.807, 2.05) is 37.3 Å². The SMILES string of the molecule is Cc1cc(Oc2ccc(F)c(Oc3ccc(Cl)cc3Oc3ccccc3)c2)ccc1CCC(=O)O. The molecule has 0 aliphatic carbocycles. The van der Waals surface area contributed by atoms with Crippen molar-refractivity contribution in [3.05, 3.63) is 107 Å². The number of aliphatic carboxylic acids is 1. The van der Waals surface area contributed by atoms with Crippen LogP contribution in [0.4, 0.5) is 4.39 Å². The lowest BCUT2D eigenvalue weighted by Crippen LogP contribution is -1.99. The number of aryl methyl sites for hydroxylation is 2. The number of halogens is 2. The molecule has 0 saturated heterocycles. The molecule has 0 heterocycles. The van der Waals surface area contributed by atoms with Crippen LogP contribution in [0.1, 0.15) is 17.5 Å². The molecule has 5 nitrogen and oxygen atoms in total. The van der Waals surface area contributed by atoms with Crippen LogP contribution in [0.25, 0.3) is 0 Å². The summed E-state index contributed by atoms with van der Waals surface area (Å²) in [5, 5.41) is 9.34. The third-order valence-electron chi connectivity index (χ3n) is 5.16. The second-order valence-corrected chi connectivity index (χ2v) is 8.22. The smallest absolute Gasteiger partial charge is 0.303 e. The lowest BCUT2D eigenvalue weighted by Gasteiger charge is -2.14. The fourth-order valence-electron chi connectivity index (χ4n) is 3.40. The van der Waals surface area contributed by atoms with Crippen molar-refractivity contribution in [2.24, 2.45) is 0 Å². The Balaban J connectivity index is 1.54. The van der Waals surface area contributed by atoms with Crippen LogP contribution in [0, 0.1) is 12.7 Å². The van der Waals surface area contributed by atoms with Gasteiger partial charge in [0.15, 0.2) is 23.1 Å². The van der Waals surface area contributed by atoms with E-state index in [-0.39, 0.29) is 17.9 Å². The number of carbonyl (C=O) groups is 1. The fourth-order valence-corrected chi connectivity index (χ4v) is 3.56. The van der Waals surface area contributed by atoms with Crippen molar-refractivity contribution >= 4 is 17.6 Å². The summed E-state index contributed by atoms with van der Waals surface area (Å²) < 4.78 is 32.2. The summed E-state index contributed by atoms with van der Waals surface area (Å²) in [4.78, 5) is 10.8. The monoisotopic (exact) mass is 492 g/mol. The van der Waals surface area contributed by atoms with Gasteiger partial charge in [-0.1, -0.05) is 35.9 Å². The van der Waals surface area contributed by atoms with Gasteiger partial charge < -0.3 is 19.3 Å². The van der Waals surface area contributed by atoms with Crippen LogP contribution in [0.5, 0.6) is 34.5 Å². The van der Waals surface area contributed by atoms with Crippen molar-refractivity contribution in [1.29, 1.82) is 0 Å². The van der Waals surface area contributed by atoms with Gasteiger partial charge in [-0.15, -0.1) is 0 Å². The van der Waals surface area contributed by atoms with Gasteiger partial charge in [0.2, 0.25) is 0 Å². The van der Waals surface area contributed by atoms with Crippen molar-refractivity contribution in [3.63, 3.8) is 0 Å². The number of carboxylic acids is 1. The molecule has 4 aromatic rings. The summed E-state index contributed by atoms with van der Waals surface area (Å²) in [6.45, 7) is 1.89. The van der Waals surface area contributed by atoms with Crippen molar-refractivity contribution < 1.29 is 28.5 Å². The zero-order valence-corrected chi connectivity index (χ0v) is 19.6. The zero-order valence-electron chi connectivity index (χ0n) is 18.8. The van der Waals surface area contributed by atoms with E-state index >= 15 is 0 Å². The van der Waals surface area contributed by atoms with Gasteiger partial charge in [0.1, 0.15) is 17.2 Å². The van der Waals surface area contributed by atoms with Gasteiger partial charge in [-0.2, -0.15) is 0 Å². The Bertz CT molecular complexity index is 1340. The molecule has 4 rings (SSSR count). The van der Waals surface area contributed by atoms with E-state index in [1.165, 1.54) is 18.2 Å². The molecule has 4 aromatic carbocycles. The van der Waals surface area contributed by atoms with Gasteiger partial charge in [-0.05, 0) is 73.0 Å². The Morgan fingerprint density at radius 3 is 2.29 bits per heavy atom. The van der Waals surface area contributed by atoms with E-state index in [1.54, 1.807) is 36.4 Å². The molecule has 0 unspecified atom stereocenters. The van der Waals surface area contributed by atoms with Crippen LogP contribution in [0.15, 0.2) is 84.9 Å². The van der Waals surface area contributed by atoms with Crippen molar-refractivity contribution in [2.45, 2.75) is 19.8 Å². The van der Waals surface area contributed by atoms with Gasteiger partial charge in [-0.25, -0.2) is 4.39 Å². The normalized spacial score (nSPS) is 10.6. The lowest BCUT2D eigenvalue weighted by molar-refractivity contribution is -0.136. The summed E-state index contributed by atoms with van der Waals surface area (Å²) in [7, 11) is 0. The van der Waals surface area contributed by atoms with E-state index in [0.29, 0.717) is 34.4 Å². The predicted molar refractivity (Wildman–Crippen MR) is 132 cm³/mol. The number of carboxylic acid groups (broad SMARTS) is 1. The molecule has 0 atom stereocenters. The molecule has 178 valence electrons. The van der Waals surface area contributed by atoms with E-state index in [4.69, 9.17) is 30.9 Å². The van der Waals surface area contributed by atoms with Crippen LogP contribution >= 0.6 is 11.6 Å². The minimum absolute atomic E-state index is 0.0439. The molecule has 7 heteroatoms. The third kappa shape index (κ3) is 6.52. The quantitative estimate of drug-likeness (QED) is 0.255. The maximum absolute atomic E-state index is 14.6. The number of benzene rings is 4. The Kier molecular flexibility index (Phi) is 7.53. The number of ether oxygens (including phenoxy) is 3. The first-order valence-corrected chi connectivity index (χ1v) is 11.2. The molecule has 0 saturated carbocycles. The average Bonchev–Trinajstić information content (AvgIpc) is 2.83. The highest BCUT2D eigenvalue weighted by molar-refractivity contribution is 6.30. The molecule has 0 aromatic heterocycles. The Hall–Kier alpha value is -4.03. The standard InChI is InChI=1S/C28H22ClFO5/c1-18-15-22(10-7-19(18)8-14-28(31)32)33-23-11-12-24(30)26(17-23)35-25-13-9-20(29)16-27(25)34-21-5-3-2-4-6-21/h2-7,9-13,15-17H,8,14H2,1H3,(H,31,32). The minimum Gasteiger partial charge on any atom is -0.481 e. The van der Waals surface area contributed by atoms with E-state index in [0.717, 1.165) is 11.1 Å². The van der Waals surface area contributed by atoms with E-state index < -0.39 is 11.8 Å². The molecule has 0 fully saturated rings. The third-order valence-corrected chi connectivity index (χ3v) is 5.39. The topological polar surface area (TPSA) is 65.0 Å². The van der Waals surface area contributed by atoms with Crippen LogP contribution in [0.3, 0.4) is 0 Å². The Morgan fingerprint density at radius 1 is 0.800 bits per heavy atom. The van der Waals surface area contributed by atoms with Gasteiger partial charge in [0.25, 0.3) is 0 Å². The molecule has 35 heavy (non-hydrogen) atoms. The number of hydrogen-bond donors (Lipinski definition) is 1. The molecule has 0 aliphatic rings. The fraction of sp³-hybridized carbons (Fsp3) is 0.107. The predicted octanol–water partition coefficient (Wildman–Crippen LogP) is 8.18. The molecule has 0 aliphatic heterocycles. The van der Waals surface area contributed by atoms with E-state index in [2.05, 4.69) is 0 Å². The van der Waals surface area contributed by atoms with Crippen molar-refractivity contribution in [2.75, 3.05) is 0 Å². The minimum atomic E-state index is -0.846. The van der Waals surface area contributed by atoms with Gasteiger partial charge >= 0.3 is 5.97 Å². The lowest BCUT2D eigenvalue weighted by atomic mass is 10.0. The van der Waals surface area contributed by atoms with Gasteiger partial charge in [0.05, 0.1) is 0 Å². The number of para-hydroxylation sites is 1. The summed E-state index contributed by atoms with van der Waals surface area (Å²) in [5.41, 5.74) is 1.84. The van der Waals surface area contributed by atoms with Crippen LogP contribution in [-0.4, -0.2) is 11.1 Å². The molecule has 0 bridgehead atoms. The van der Waals surface area contributed by atoms with Crippen LogP contribution in [-0.2, 0) is 11.2 Å². The molecule has 0 spiro atoms. The van der Waals surface area contributed by atoms with Crippen LogP contribution in [0.2, 0.25) is 5.02 Å². The molecule has 1 N–H and O–H groups in total. The van der Waals surface area contributed by atoms with Crippen LogP contribution < -0.4 is 14.2 Å². The summed E-state index contributed by atoms with van der Waals surface area (Å²) >= 11 is 6.13. The maximum Gasteiger partial charge on any atom is 0.303 e. The molecule has 0 radical (unpaired) electrons. The summed E-state index contributed by atoms with van der Waals surface area (Å²) in [5.74, 6) is 0.656. The summed E-state index contributed by atoms with van der Waals surface area (Å²) in [6.07, 6.45) is 0.491. The summed E-state index contributed by atoms with van der Waals surface area (Å²) in [6, 6.07) is 23.5. The van der Waals surface area contributed by atoms with E-state index in [9.17, 15) is 9.18 Å². The van der Waals surface area contributed by atoms with Gasteiger partial charge in [0, 0.05) is 23.6 Å². The first-order valence-electron chi connectivity index (χ1n) is 10.9. The molecule has 0 amide bonds. The highest BCUT2D eigenvalue weighted by atomic mass is 35.5. The highest BCUT2D eigenvalue weighted by Crippen LogP contribution is 2.39. The molecular weight excluding hydrogens is 471 g/mol. The first-order chi connectivity index (χ1) is 16.9. The zero-order chi connectivity index (χ0) is 24.8. The number of hydrogen-bond acceptors (Lipinski definition) is 4.